The number of aromatic carboxylic acids is 2. The maximum atomic E-state index is 10.6. The van der Waals surface area contributed by atoms with E-state index in [2.05, 4.69) is 0 Å². The zero-order valence-electron chi connectivity index (χ0n) is 7.30. The van der Waals surface area contributed by atoms with Crippen LogP contribution in [0.15, 0.2) is 12.1 Å². The summed E-state index contributed by atoms with van der Waals surface area (Å²) < 4.78 is 0. The number of aromatic hydroxyl groups is 1. The number of carboxylic acids is 2. The van der Waals surface area contributed by atoms with Gasteiger partial charge in [-0.05, 0) is 12.1 Å². The van der Waals surface area contributed by atoms with Crippen molar-refractivity contribution >= 4 is 18.2 Å². The van der Waals surface area contributed by atoms with Gasteiger partial charge in [-0.2, -0.15) is 0 Å². The maximum Gasteiger partial charge on any atom is 0.339 e. The van der Waals surface area contributed by atoms with E-state index in [-0.39, 0.29) is 11.8 Å². The quantitative estimate of drug-likeness (QED) is 0.630. The lowest BCUT2D eigenvalue weighted by Gasteiger charge is -2.03. The van der Waals surface area contributed by atoms with Crippen molar-refractivity contribution < 1.29 is 29.7 Å². The fourth-order valence-corrected chi connectivity index (χ4v) is 1.06. The van der Waals surface area contributed by atoms with Crippen LogP contribution in [-0.4, -0.2) is 33.5 Å². The van der Waals surface area contributed by atoms with Crippen molar-refractivity contribution in [2.24, 2.45) is 0 Å². The molecule has 0 spiro atoms. The first kappa shape index (κ1) is 10.7. The predicted molar refractivity (Wildman–Crippen MR) is 47.4 cm³/mol. The molecule has 0 radical (unpaired) electrons. The van der Waals surface area contributed by atoms with Crippen molar-refractivity contribution in [3.05, 3.63) is 28.8 Å². The molecule has 0 atom stereocenters. The molecule has 78 valence electrons. The Bertz CT molecular complexity index is 448. The van der Waals surface area contributed by atoms with Gasteiger partial charge in [-0.15, -0.1) is 0 Å². The van der Waals surface area contributed by atoms with Gasteiger partial charge in [0.25, 0.3) is 0 Å². The molecule has 0 saturated carbocycles. The molecule has 0 aliphatic heterocycles. The van der Waals surface area contributed by atoms with Crippen molar-refractivity contribution in [3.63, 3.8) is 0 Å². The van der Waals surface area contributed by atoms with Crippen LogP contribution in [-0.2, 0) is 0 Å². The fraction of sp³-hybridized carbons (Fsp3) is 0. The number of aldehydes is 1. The molecule has 6 nitrogen and oxygen atoms in total. The molecule has 0 aromatic heterocycles. The van der Waals surface area contributed by atoms with Crippen LogP contribution in [0.5, 0.6) is 5.75 Å². The summed E-state index contributed by atoms with van der Waals surface area (Å²) in [5.74, 6) is -3.54. The molecule has 3 N–H and O–H groups in total. The number of carbonyl (C=O) groups excluding carboxylic acids is 1. The standard InChI is InChI=1S/C9H6O6/c10-3-4-1-6(9(14)15)7(11)2-5(4)8(12)13/h1-3,11H,(H,12,13)(H,14,15). The summed E-state index contributed by atoms with van der Waals surface area (Å²) in [6, 6.07) is 1.55. The SMILES string of the molecule is O=Cc1cc(C(=O)O)c(O)cc1C(=O)O. The van der Waals surface area contributed by atoms with E-state index in [0.29, 0.717) is 0 Å². The van der Waals surface area contributed by atoms with Crippen molar-refractivity contribution in [2.45, 2.75) is 0 Å². The zero-order chi connectivity index (χ0) is 11.6. The number of hydrogen-bond acceptors (Lipinski definition) is 4. The molecular formula is C9H6O6. The van der Waals surface area contributed by atoms with Gasteiger partial charge in [-0.3, -0.25) is 4.79 Å². The Morgan fingerprint density at radius 2 is 1.60 bits per heavy atom. The average Bonchev–Trinajstić information content (AvgIpc) is 2.16. The van der Waals surface area contributed by atoms with E-state index in [9.17, 15) is 19.5 Å². The van der Waals surface area contributed by atoms with Gasteiger partial charge in [0, 0.05) is 5.56 Å². The van der Waals surface area contributed by atoms with Gasteiger partial charge in [0.05, 0.1) is 5.56 Å². The predicted octanol–water partition coefficient (Wildman–Crippen LogP) is 0.601. The highest BCUT2D eigenvalue weighted by atomic mass is 16.4. The van der Waals surface area contributed by atoms with Crippen molar-refractivity contribution in [2.75, 3.05) is 0 Å². The molecule has 1 rings (SSSR count). The molecular weight excluding hydrogens is 204 g/mol. The molecule has 6 heteroatoms. The van der Waals surface area contributed by atoms with Crippen LogP contribution in [0.25, 0.3) is 0 Å². The fourth-order valence-electron chi connectivity index (χ4n) is 1.06. The van der Waals surface area contributed by atoms with Gasteiger partial charge in [0.2, 0.25) is 0 Å². The van der Waals surface area contributed by atoms with Crippen molar-refractivity contribution in [3.8, 4) is 5.75 Å². The Morgan fingerprint density at radius 1 is 1.07 bits per heavy atom. The van der Waals surface area contributed by atoms with Crippen LogP contribution in [0.4, 0.5) is 0 Å². The van der Waals surface area contributed by atoms with Gasteiger partial charge < -0.3 is 15.3 Å². The van der Waals surface area contributed by atoms with Crippen LogP contribution in [0.3, 0.4) is 0 Å². The van der Waals surface area contributed by atoms with E-state index in [0.717, 1.165) is 12.1 Å². The molecule has 15 heavy (non-hydrogen) atoms. The Hall–Kier alpha value is -2.37. The summed E-state index contributed by atoms with van der Waals surface area (Å²) in [4.78, 5) is 31.6. The number of phenols is 1. The molecule has 1 aromatic carbocycles. The summed E-state index contributed by atoms with van der Waals surface area (Å²) >= 11 is 0. The van der Waals surface area contributed by atoms with Gasteiger partial charge in [0.1, 0.15) is 11.3 Å². The second-order valence-corrected chi connectivity index (χ2v) is 2.68. The molecule has 0 unspecified atom stereocenters. The first-order chi connectivity index (χ1) is 6.97. The summed E-state index contributed by atoms with van der Waals surface area (Å²) in [5.41, 5.74) is -1.24. The average molecular weight is 210 g/mol. The highest BCUT2D eigenvalue weighted by Crippen LogP contribution is 2.21. The molecule has 0 bridgehead atoms. The van der Waals surface area contributed by atoms with Gasteiger partial charge in [-0.25, -0.2) is 9.59 Å². The molecule has 0 saturated heterocycles. The zero-order valence-corrected chi connectivity index (χ0v) is 7.30. The third-order valence-electron chi connectivity index (χ3n) is 1.76. The second kappa shape index (κ2) is 3.79. The van der Waals surface area contributed by atoms with E-state index in [1.165, 1.54) is 0 Å². The summed E-state index contributed by atoms with van der Waals surface area (Å²) in [6.45, 7) is 0. The monoisotopic (exact) mass is 210 g/mol. The van der Waals surface area contributed by atoms with Crippen molar-refractivity contribution in [1.82, 2.24) is 0 Å². The normalized spacial score (nSPS) is 9.60. The van der Waals surface area contributed by atoms with Crippen LogP contribution in [0, 0.1) is 0 Å². The largest absolute Gasteiger partial charge is 0.507 e. The third-order valence-corrected chi connectivity index (χ3v) is 1.76. The second-order valence-electron chi connectivity index (χ2n) is 2.68. The molecule has 0 aliphatic carbocycles. The Balaban J connectivity index is 3.48. The lowest BCUT2D eigenvalue weighted by Crippen LogP contribution is -2.05. The number of carbonyl (C=O) groups is 3. The lowest BCUT2D eigenvalue weighted by atomic mass is 10.0. The Morgan fingerprint density at radius 3 is 2.00 bits per heavy atom. The third kappa shape index (κ3) is 1.93. The molecule has 0 fully saturated rings. The molecule has 1 aromatic rings. The number of benzene rings is 1. The number of carboxylic acid groups (broad SMARTS) is 2. The van der Waals surface area contributed by atoms with Gasteiger partial charge in [-0.1, -0.05) is 0 Å². The first-order valence-electron chi connectivity index (χ1n) is 3.76. The minimum absolute atomic E-state index is 0.218. The van der Waals surface area contributed by atoms with Crippen LogP contribution in [0.2, 0.25) is 0 Å². The Labute approximate surface area is 83.4 Å². The topological polar surface area (TPSA) is 112 Å². The minimum Gasteiger partial charge on any atom is -0.507 e. The van der Waals surface area contributed by atoms with Crippen molar-refractivity contribution in [1.29, 1.82) is 0 Å². The molecule has 0 amide bonds. The molecule has 0 aliphatic rings. The summed E-state index contributed by atoms with van der Waals surface area (Å²) in [7, 11) is 0. The first-order valence-corrected chi connectivity index (χ1v) is 3.76. The molecule has 0 heterocycles. The van der Waals surface area contributed by atoms with Crippen LogP contribution in [0.1, 0.15) is 31.1 Å². The summed E-state index contributed by atoms with van der Waals surface area (Å²) in [5, 5.41) is 26.4. The maximum absolute atomic E-state index is 10.6. The smallest absolute Gasteiger partial charge is 0.339 e. The van der Waals surface area contributed by atoms with Crippen LogP contribution < -0.4 is 0 Å². The number of rotatable bonds is 3. The van der Waals surface area contributed by atoms with E-state index in [1.807, 2.05) is 0 Å². The lowest BCUT2D eigenvalue weighted by molar-refractivity contribution is 0.0677. The number of hydrogen-bond donors (Lipinski definition) is 3. The van der Waals surface area contributed by atoms with E-state index >= 15 is 0 Å². The van der Waals surface area contributed by atoms with E-state index in [4.69, 9.17) is 10.2 Å². The van der Waals surface area contributed by atoms with E-state index < -0.39 is 28.8 Å². The highest BCUT2D eigenvalue weighted by Gasteiger charge is 2.17. The van der Waals surface area contributed by atoms with Crippen LogP contribution >= 0.6 is 0 Å². The van der Waals surface area contributed by atoms with Gasteiger partial charge in [0.15, 0.2) is 6.29 Å². The summed E-state index contributed by atoms with van der Waals surface area (Å²) in [6.07, 6.45) is 0.218. The van der Waals surface area contributed by atoms with E-state index in [1.54, 1.807) is 0 Å². The minimum atomic E-state index is -1.44. The Kier molecular flexibility index (Phi) is 2.70. The van der Waals surface area contributed by atoms with Gasteiger partial charge >= 0.3 is 11.9 Å². The highest BCUT2D eigenvalue weighted by molar-refractivity contribution is 6.01.